The SMILES string of the molecule is Cc1c(C(O)CN2CCc3nc(Nc4ccc(N5C=NNN5)cn4)ncc3C2)ccc2c1COC2=O. The van der Waals surface area contributed by atoms with E-state index < -0.39 is 6.10 Å². The van der Waals surface area contributed by atoms with Gasteiger partial charge in [0.05, 0.1) is 29.2 Å². The van der Waals surface area contributed by atoms with Crippen LogP contribution in [-0.2, 0) is 24.3 Å². The molecule has 0 spiro atoms. The molecule has 12 nitrogen and oxygen atoms in total. The number of β-amino-alcohol motifs (C(OH)–C–C–N with tert-alkyl or cyclic N) is 1. The molecule has 0 saturated carbocycles. The number of aliphatic hydroxyl groups excluding tert-OH is 1. The van der Waals surface area contributed by atoms with Crippen LogP contribution < -0.4 is 21.4 Å². The number of rotatable bonds is 6. The number of aromatic nitrogens is 3. The minimum Gasteiger partial charge on any atom is -0.457 e. The van der Waals surface area contributed by atoms with Crippen LogP contribution in [-0.4, -0.2) is 50.4 Å². The predicted octanol–water partition coefficient (Wildman–Crippen LogP) is 1.46. The molecule has 36 heavy (non-hydrogen) atoms. The normalized spacial score (nSPS) is 17.4. The van der Waals surface area contributed by atoms with Crippen molar-refractivity contribution in [2.45, 2.75) is 32.6 Å². The van der Waals surface area contributed by atoms with Crippen LogP contribution in [0.15, 0.2) is 41.8 Å². The van der Waals surface area contributed by atoms with E-state index in [2.05, 4.69) is 41.3 Å². The van der Waals surface area contributed by atoms with E-state index in [1.54, 1.807) is 23.6 Å². The molecule has 6 rings (SSSR count). The van der Waals surface area contributed by atoms with E-state index in [1.807, 2.05) is 31.3 Å². The predicted molar refractivity (Wildman–Crippen MR) is 131 cm³/mol. The first-order valence-electron chi connectivity index (χ1n) is 11.7. The summed E-state index contributed by atoms with van der Waals surface area (Å²) in [4.78, 5) is 27.6. The average molecular weight is 488 g/mol. The van der Waals surface area contributed by atoms with Crippen molar-refractivity contribution in [3.8, 4) is 0 Å². The summed E-state index contributed by atoms with van der Waals surface area (Å²) >= 11 is 0. The van der Waals surface area contributed by atoms with Crippen LogP contribution in [0.25, 0.3) is 0 Å². The fourth-order valence-corrected chi connectivity index (χ4v) is 4.71. The van der Waals surface area contributed by atoms with Crippen LogP contribution in [0.3, 0.4) is 0 Å². The third-order valence-electron chi connectivity index (χ3n) is 6.69. The molecule has 0 radical (unpaired) electrons. The summed E-state index contributed by atoms with van der Waals surface area (Å²) in [6.45, 7) is 4.12. The Morgan fingerprint density at radius 2 is 2.14 bits per heavy atom. The summed E-state index contributed by atoms with van der Waals surface area (Å²) in [5, 5.41) is 19.7. The Kier molecular flexibility index (Phi) is 5.68. The van der Waals surface area contributed by atoms with E-state index in [-0.39, 0.29) is 12.6 Å². The van der Waals surface area contributed by atoms with E-state index >= 15 is 0 Å². The highest BCUT2D eigenvalue weighted by Crippen LogP contribution is 2.30. The topological polar surface area (TPSA) is 140 Å². The van der Waals surface area contributed by atoms with E-state index in [0.717, 1.165) is 46.6 Å². The number of benzene rings is 1. The first-order valence-corrected chi connectivity index (χ1v) is 11.7. The molecular formula is C24H25N9O3. The van der Waals surface area contributed by atoms with Crippen molar-refractivity contribution < 1.29 is 14.6 Å². The number of hydrogen-bond acceptors (Lipinski definition) is 12. The van der Waals surface area contributed by atoms with Crippen molar-refractivity contribution >= 4 is 29.8 Å². The van der Waals surface area contributed by atoms with Crippen LogP contribution in [0.2, 0.25) is 0 Å². The Labute approximate surface area is 207 Å². The van der Waals surface area contributed by atoms with Gasteiger partial charge in [0.1, 0.15) is 18.8 Å². The molecule has 4 N–H and O–H groups in total. The lowest BCUT2D eigenvalue weighted by molar-refractivity contribution is 0.0535. The van der Waals surface area contributed by atoms with Gasteiger partial charge in [0, 0.05) is 43.4 Å². The van der Waals surface area contributed by atoms with E-state index in [4.69, 9.17) is 4.74 Å². The molecule has 1 atom stereocenters. The molecule has 184 valence electrons. The van der Waals surface area contributed by atoms with Crippen LogP contribution in [0, 0.1) is 6.92 Å². The molecule has 3 aromatic rings. The number of hydrazone groups is 1. The number of fused-ring (bicyclic) bond motifs is 2. The minimum atomic E-state index is -0.665. The molecule has 0 bridgehead atoms. The third-order valence-corrected chi connectivity index (χ3v) is 6.69. The third kappa shape index (κ3) is 4.21. The fraction of sp³-hybridized carbons (Fsp3) is 0.292. The highest BCUT2D eigenvalue weighted by atomic mass is 16.5. The van der Waals surface area contributed by atoms with Crippen molar-refractivity contribution in [2.24, 2.45) is 5.10 Å². The Bertz CT molecular complexity index is 1350. The van der Waals surface area contributed by atoms with Gasteiger partial charge in [0.25, 0.3) is 0 Å². The first-order chi connectivity index (χ1) is 17.5. The number of pyridine rings is 1. The lowest BCUT2D eigenvalue weighted by atomic mass is 9.95. The number of esters is 1. The molecular weight excluding hydrogens is 462 g/mol. The maximum Gasteiger partial charge on any atom is 0.338 e. The average Bonchev–Trinajstić information content (AvgIpc) is 3.56. The van der Waals surface area contributed by atoms with Gasteiger partial charge in [-0.05, 0) is 36.2 Å². The van der Waals surface area contributed by atoms with Gasteiger partial charge in [-0.25, -0.2) is 30.3 Å². The highest BCUT2D eigenvalue weighted by molar-refractivity contribution is 5.94. The number of ether oxygens (including phenoxy) is 1. The van der Waals surface area contributed by atoms with Crippen LogP contribution in [0.4, 0.5) is 17.5 Å². The highest BCUT2D eigenvalue weighted by Gasteiger charge is 2.27. The van der Waals surface area contributed by atoms with E-state index in [1.165, 1.54) is 0 Å². The Hall–Kier alpha value is -4.13. The number of carbonyl (C=O) groups is 1. The molecule has 0 aliphatic carbocycles. The largest absolute Gasteiger partial charge is 0.457 e. The molecule has 0 amide bonds. The number of anilines is 3. The molecule has 0 saturated heterocycles. The Balaban J connectivity index is 1.09. The van der Waals surface area contributed by atoms with Crippen molar-refractivity contribution in [2.75, 3.05) is 23.4 Å². The van der Waals surface area contributed by atoms with Crippen molar-refractivity contribution in [3.05, 3.63) is 70.2 Å². The first kappa shape index (κ1) is 22.3. The molecule has 0 fully saturated rings. The van der Waals surface area contributed by atoms with Gasteiger partial charge in [0.15, 0.2) is 0 Å². The Morgan fingerprint density at radius 3 is 2.94 bits per heavy atom. The van der Waals surface area contributed by atoms with Crippen molar-refractivity contribution in [1.82, 2.24) is 30.9 Å². The maximum atomic E-state index is 11.8. The van der Waals surface area contributed by atoms with Crippen LogP contribution in [0.1, 0.15) is 44.4 Å². The standard InChI is InChI=1S/C24H25N9O3/c1-14-17(3-4-18-19(14)12-36-23(18)35)21(34)11-32-7-6-20-15(10-32)8-26-24(28-20)29-22-5-2-16(9-25-22)33-13-27-30-31-33/h2-5,8-9,13,21,30-31,34H,6-7,10-12H2,1H3,(H,25,26,28,29). The zero-order valence-electron chi connectivity index (χ0n) is 19.6. The zero-order chi connectivity index (χ0) is 24.6. The second-order valence-electron chi connectivity index (χ2n) is 8.91. The van der Waals surface area contributed by atoms with Crippen molar-refractivity contribution in [3.63, 3.8) is 0 Å². The van der Waals surface area contributed by atoms with Crippen molar-refractivity contribution in [1.29, 1.82) is 0 Å². The molecule has 1 aromatic carbocycles. The molecule has 1 unspecified atom stereocenters. The summed E-state index contributed by atoms with van der Waals surface area (Å²) in [5.74, 6) is 0.839. The van der Waals surface area contributed by atoms with Gasteiger partial charge in [-0.1, -0.05) is 6.07 Å². The van der Waals surface area contributed by atoms with Gasteiger partial charge < -0.3 is 15.2 Å². The molecule has 5 heterocycles. The van der Waals surface area contributed by atoms with Gasteiger partial charge in [-0.3, -0.25) is 4.90 Å². The fourth-order valence-electron chi connectivity index (χ4n) is 4.71. The number of carbonyl (C=O) groups excluding carboxylic acids is 1. The van der Waals surface area contributed by atoms with E-state index in [9.17, 15) is 9.90 Å². The van der Waals surface area contributed by atoms with Crippen LogP contribution in [0.5, 0.6) is 0 Å². The van der Waals surface area contributed by atoms with Gasteiger partial charge >= 0.3 is 5.97 Å². The number of aliphatic hydroxyl groups is 1. The summed E-state index contributed by atoms with van der Waals surface area (Å²) in [6, 6.07) is 7.33. The number of hydrazine groups is 2. The van der Waals surface area contributed by atoms with Gasteiger partial charge in [-0.15, -0.1) is 5.53 Å². The summed E-state index contributed by atoms with van der Waals surface area (Å²) in [7, 11) is 0. The lowest BCUT2D eigenvalue weighted by Gasteiger charge is -2.30. The minimum absolute atomic E-state index is 0.271. The summed E-state index contributed by atoms with van der Waals surface area (Å²) in [6.07, 6.45) is 5.25. The summed E-state index contributed by atoms with van der Waals surface area (Å²) < 4.78 is 5.14. The monoisotopic (exact) mass is 487 g/mol. The van der Waals surface area contributed by atoms with Gasteiger partial charge in [-0.2, -0.15) is 5.10 Å². The Morgan fingerprint density at radius 1 is 1.22 bits per heavy atom. The quantitative estimate of drug-likeness (QED) is 0.376. The lowest BCUT2D eigenvalue weighted by Crippen LogP contribution is -2.37. The molecule has 3 aliphatic rings. The second-order valence-corrected chi connectivity index (χ2v) is 8.91. The second kappa shape index (κ2) is 9.15. The summed E-state index contributed by atoms with van der Waals surface area (Å²) in [5.41, 5.74) is 11.6. The maximum absolute atomic E-state index is 11.8. The molecule has 12 heteroatoms. The number of cyclic esters (lactones) is 1. The van der Waals surface area contributed by atoms with Gasteiger partial charge in [0.2, 0.25) is 5.95 Å². The zero-order valence-corrected chi connectivity index (χ0v) is 19.6. The van der Waals surface area contributed by atoms with E-state index in [0.29, 0.717) is 30.4 Å². The number of nitrogens with zero attached hydrogens (tertiary/aromatic N) is 6. The smallest absolute Gasteiger partial charge is 0.338 e. The number of hydrogen-bond donors (Lipinski definition) is 4. The number of nitrogens with one attached hydrogen (secondary N) is 3. The molecule has 3 aliphatic heterocycles. The molecule has 2 aromatic heterocycles. The van der Waals surface area contributed by atoms with Crippen LogP contribution >= 0.6 is 0 Å².